The minimum Gasteiger partial charge on any atom is -0.316 e. The van der Waals surface area contributed by atoms with Gasteiger partial charge in [-0.1, -0.05) is 40.5 Å². The number of nitrogens with one attached hydrogen (secondary N) is 1. The molecule has 1 N–H and O–H groups in total. The van der Waals surface area contributed by atoms with Gasteiger partial charge in [0.2, 0.25) is 0 Å². The van der Waals surface area contributed by atoms with Crippen molar-refractivity contribution in [3.05, 3.63) is 0 Å². The highest BCUT2D eigenvalue weighted by Gasteiger charge is 2.36. The number of hydrogen-bond acceptors (Lipinski definition) is 1. The summed E-state index contributed by atoms with van der Waals surface area (Å²) in [5.74, 6) is 1.81. The zero-order valence-electron chi connectivity index (χ0n) is 8.98. The molecular formula is C11H23N. The van der Waals surface area contributed by atoms with E-state index in [-0.39, 0.29) is 0 Å². The van der Waals surface area contributed by atoms with E-state index in [0.717, 1.165) is 11.8 Å². The standard InChI is InChI=1S/C11H23N/c1-5-9-7-12-8-10(9)11(3,4)6-2/h9-10,12H,5-8H2,1-4H3. The zero-order chi connectivity index (χ0) is 9.19. The maximum Gasteiger partial charge on any atom is -0.00122 e. The lowest BCUT2D eigenvalue weighted by Crippen LogP contribution is -2.29. The van der Waals surface area contributed by atoms with E-state index in [2.05, 4.69) is 33.0 Å². The molecule has 0 bridgehead atoms. The Bertz CT molecular complexity index is 140. The van der Waals surface area contributed by atoms with Crippen LogP contribution in [-0.2, 0) is 0 Å². The Morgan fingerprint density at radius 2 is 1.92 bits per heavy atom. The topological polar surface area (TPSA) is 12.0 Å². The molecule has 0 aliphatic carbocycles. The third-order valence-corrected chi connectivity index (χ3v) is 3.78. The molecule has 1 aliphatic rings. The summed E-state index contributed by atoms with van der Waals surface area (Å²) in [6.45, 7) is 11.9. The summed E-state index contributed by atoms with van der Waals surface area (Å²) in [6.07, 6.45) is 2.64. The Balaban J connectivity index is 2.60. The lowest BCUT2D eigenvalue weighted by molar-refractivity contribution is 0.169. The minimum absolute atomic E-state index is 0.532. The van der Waals surface area contributed by atoms with Gasteiger partial charge in [0.25, 0.3) is 0 Å². The van der Waals surface area contributed by atoms with Crippen LogP contribution in [0.2, 0.25) is 0 Å². The van der Waals surface area contributed by atoms with Crippen molar-refractivity contribution in [2.75, 3.05) is 13.1 Å². The van der Waals surface area contributed by atoms with Crippen molar-refractivity contribution in [1.29, 1.82) is 0 Å². The summed E-state index contributed by atoms with van der Waals surface area (Å²) < 4.78 is 0. The van der Waals surface area contributed by atoms with Gasteiger partial charge in [0, 0.05) is 0 Å². The number of hydrogen-bond donors (Lipinski definition) is 1. The first-order chi connectivity index (χ1) is 5.61. The van der Waals surface area contributed by atoms with E-state index in [0.29, 0.717) is 5.41 Å². The molecule has 1 saturated heterocycles. The van der Waals surface area contributed by atoms with Crippen molar-refractivity contribution in [1.82, 2.24) is 5.32 Å². The van der Waals surface area contributed by atoms with Crippen LogP contribution in [0.1, 0.15) is 40.5 Å². The van der Waals surface area contributed by atoms with Crippen LogP contribution in [0.4, 0.5) is 0 Å². The maximum absolute atomic E-state index is 3.51. The van der Waals surface area contributed by atoms with Crippen molar-refractivity contribution in [2.24, 2.45) is 17.3 Å². The Morgan fingerprint density at radius 1 is 1.25 bits per heavy atom. The molecule has 2 atom stereocenters. The van der Waals surface area contributed by atoms with E-state index in [9.17, 15) is 0 Å². The fraction of sp³-hybridized carbons (Fsp3) is 1.00. The molecule has 0 aromatic carbocycles. The molecule has 0 aromatic rings. The largest absolute Gasteiger partial charge is 0.316 e. The Morgan fingerprint density at radius 3 is 2.42 bits per heavy atom. The average molecular weight is 169 g/mol. The van der Waals surface area contributed by atoms with Crippen LogP contribution in [0, 0.1) is 17.3 Å². The third kappa shape index (κ3) is 1.82. The highest BCUT2D eigenvalue weighted by molar-refractivity contribution is 4.89. The second kappa shape index (κ2) is 3.78. The third-order valence-electron chi connectivity index (χ3n) is 3.78. The van der Waals surface area contributed by atoms with Crippen LogP contribution in [0.3, 0.4) is 0 Å². The first-order valence-electron chi connectivity index (χ1n) is 5.32. The predicted octanol–water partition coefficient (Wildman–Crippen LogP) is 2.67. The summed E-state index contributed by atoms with van der Waals surface area (Å²) in [4.78, 5) is 0. The molecule has 0 aromatic heterocycles. The van der Waals surface area contributed by atoms with Crippen molar-refractivity contribution < 1.29 is 0 Å². The quantitative estimate of drug-likeness (QED) is 0.685. The normalized spacial score (nSPS) is 31.0. The van der Waals surface area contributed by atoms with Crippen LogP contribution in [0.25, 0.3) is 0 Å². The lowest BCUT2D eigenvalue weighted by Gasteiger charge is -2.33. The molecule has 1 heteroatoms. The van der Waals surface area contributed by atoms with Gasteiger partial charge in [-0.25, -0.2) is 0 Å². The zero-order valence-corrected chi connectivity index (χ0v) is 8.98. The Kier molecular flexibility index (Phi) is 3.16. The van der Waals surface area contributed by atoms with Gasteiger partial charge in [0.05, 0.1) is 0 Å². The van der Waals surface area contributed by atoms with E-state index in [1.165, 1.54) is 25.9 Å². The van der Waals surface area contributed by atoms with Crippen LogP contribution in [0.15, 0.2) is 0 Å². The molecule has 72 valence electrons. The van der Waals surface area contributed by atoms with Crippen LogP contribution in [-0.4, -0.2) is 13.1 Å². The van der Waals surface area contributed by atoms with Gasteiger partial charge in [0.1, 0.15) is 0 Å². The van der Waals surface area contributed by atoms with E-state index >= 15 is 0 Å². The van der Waals surface area contributed by atoms with Crippen molar-refractivity contribution in [3.63, 3.8) is 0 Å². The molecule has 12 heavy (non-hydrogen) atoms. The first kappa shape index (κ1) is 10.0. The summed E-state index contributed by atoms with van der Waals surface area (Å²) in [5.41, 5.74) is 0.532. The number of rotatable bonds is 3. The van der Waals surface area contributed by atoms with E-state index in [1.54, 1.807) is 0 Å². The van der Waals surface area contributed by atoms with Crippen molar-refractivity contribution >= 4 is 0 Å². The fourth-order valence-electron chi connectivity index (χ4n) is 2.34. The van der Waals surface area contributed by atoms with Gasteiger partial charge in [-0.2, -0.15) is 0 Å². The van der Waals surface area contributed by atoms with Crippen molar-refractivity contribution in [3.8, 4) is 0 Å². The minimum atomic E-state index is 0.532. The molecule has 1 nitrogen and oxygen atoms in total. The van der Waals surface area contributed by atoms with Gasteiger partial charge < -0.3 is 5.32 Å². The molecule has 1 heterocycles. The highest BCUT2D eigenvalue weighted by Crippen LogP contribution is 2.38. The monoisotopic (exact) mass is 169 g/mol. The van der Waals surface area contributed by atoms with Gasteiger partial charge in [-0.3, -0.25) is 0 Å². The molecule has 2 unspecified atom stereocenters. The molecule has 1 aliphatic heterocycles. The summed E-state index contributed by atoms with van der Waals surface area (Å²) in [6, 6.07) is 0. The summed E-state index contributed by atoms with van der Waals surface area (Å²) in [5, 5.41) is 3.51. The Hall–Kier alpha value is -0.0400. The van der Waals surface area contributed by atoms with Gasteiger partial charge in [-0.15, -0.1) is 0 Å². The van der Waals surface area contributed by atoms with Crippen molar-refractivity contribution in [2.45, 2.75) is 40.5 Å². The molecular weight excluding hydrogens is 146 g/mol. The van der Waals surface area contributed by atoms with E-state index in [4.69, 9.17) is 0 Å². The lowest BCUT2D eigenvalue weighted by atomic mass is 9.71. The van der Waals surface area contributed by atoms with E-state index < -0.39 is 0 Å². The molecule has 1 rings (SSSR count). The molecule has 1 fully saturated rings. The van der Waals surface area contributed by atoms with Crippen LogP contribution in [0.5, 0.6) is 0 Å². The van der Waals surface area contributed by atoms with Gasteiger partial charge in [0.15, 0.2) is 0 Å². The second-order valence-electron chi connectivity index (χ2n) is 4.78. The maximum atomic E-state index is 3.51. The van der Waals surface area contributed by atoms with Gasteiger partial charge in [-0.05, 0) is 30.3 Å². The molecule has 0 amide bonds. The summed E-state index contributed by atoms with van der Waals surface area (Å²) >= 11 is 0. The Labute approximate surface area is 76.9 Å². The SMILES string of the molecule is CCC1CNCC1C(C)(C)CC. The van der Waals surface area contributed by atoms with Gasteiger partial charge >= 0.3 is 0 Å². The highest BCUT2D eigenvalue weighted by atomic mass is 14.9. The first-order valence-corrected chi connectivity index (χ1v) is 5.32. The van der Waals surface area contributed by atoms with E-state index in [1.807, 2.05) is 0 Å². The smallest absolute Gasteiger partial charge is 0.00122 e. The summed E-state index contributed by atoms with van der Waals surface area (Å²) in [7, 11) is 0. The fourth-order valence-corrected chi connectivity index (χ4v) is 2.34. The molecule has 0 spiro atoms. The van der Waals surface area contributed by atoms with Crippen LogP contribution < -0.4 is 5.32 Å². The average Bonchev–Trinajstić information content (AvgIpc) is 2.52. The predicted molar refractivity (Wildman–Crippen MR) is 54.2 cm³/mol. The second-order valence-corrected chi connectivity index (χ2v) is 4.78. The molecule has 0 saturated carbocycles. The molecule has 0 radical (unpaired) electrons. The van der Waals surface area contributed by atoms with Crippen LogP contribution >= 0.6 is 0 Å².